The summed E-state index contributed by atoms with van der Waals surface area (Å²) in [6.07, 6.45) is 17.8. The summed E-state index contributed by atoms with van der Waals surface area (Å²) in [5.41, 5.74) is 2.95. The quantitative estimate of drug-likeness (QED) is 0.239. The molecule has 53 heavy (non-hydrogen) atoms. The number of hydrogen-bond acceptors (Lipinski definition) is 5. The van der Waals surface area contributed by atoms with Gasteiger partial charge in [-0.2, -0.15) is 0 Å². The topological polar surface area (TPSA) is 118 Å². The first-order valence-corrected chi connectivity index (χ1v) is 21.5. The Labute approximate surface area is 317 Å². The van der Waals surface area contributed by atoms with Crippen LogP contribution in [0.25, 0.3) is 0 Å². The molecule has 16 atom stereocenters. The molecule has 0 heterocycles. The van der Waals surface area contributed by atoms with Crippen LogP contribution in [0.4, 0.5) is 0 Å². The number of Topliss-reactive ketones (excluding diaryl/α,β-unsaturated/α-hetero) is 2. The second-order valence-corrected chi connectivity index (χ2v) is 20.7. The van der Waals surface area contributed by atoms with Crippen LogP contribution < -0.4 is 0 Å². The highest BCUT2D eigenvalue weighted by atomic mass is 16.5. The normalized spacial score (nSPS) is 48.3. The summed E-state index contributed by atoms with van der Waals surface area (Å²) in [7, 11) is 0. The summed E-state index contributed by atoms with van der Waals surface area (Å²) < 4.78 is 6.38. The minimum Gasteiger partial charge on any atom is -0.479 e. The van der Waals surface area contributed by atoms with Crippen LogP contribution >= 0.6 is 0 Å². The Morgan fingerprint density at radius 3 is 1.34 bits per heavy atom. The Morgan fingerprint density at radius 1 is 0.585 bits per heavy atom. The van der Waals surface area contributed by atoms with Gasteiger partial charge in [0.15, 0.2) is 12.2 Å². The smallest absolute Gasteiger partial charge is 0.333 e. The first-order valence-electron chi connectivity index (χ1n) is 21.5. The van der Waals surface area contributed by atoms with Crippen LogP contribution in [-0.2, 0) is 23.9 Å². The van der Waals surface area contributed by atoms with Gasteiger partial charge in [0.25, 0.3) is 0 Å². The van der Waals surface area contributed by atoms with Gasteiger partial charge in [-0.1, -0.05) is 51.0 Å². The Kier molecular flexibility index (Phi) is 9.34. The van der Waals surface area contributed by atoms with E-state index in [2.05, 4.69) is 39.8 Å². The van der Waals surface area contributed by atoms with E-state index < -0.39 is 24.1 Å². The molecule has 0 aromatic heterocycles. The first kappa shape index (κ1) is 37.6. The molecule has 2 N–H and O–H groups in total. The molecule has 2 unspecified atom stereocenters. The predicted molar refractivity (Wildman–Crippen MR) is 203 cm³/mol. The van der Waals surface area contributed by atoms with Crippen molar-refractivity contribution in [3.05, 3.63) is 23.3 Å². The number of carboxylic acid groups (broad SMARTS) is 2. The van der Waals surface area contributed by atoms with Crippen molar-refractivity contribution in [2.75, 3.05) is 0 Å². The number of allylic oxidation sites excluding steroid dienone is 4. The van der Waals surface area contributed by atoms with Crippen LogP contribution in [0.15, 0.2) is 23.3 Å². The molecular formula is C46H66O7. The SMILES string of the molecule is CC(=O)[C@H]1CC[C@H]2[C@@H]3CC=C4C[C@@H](C(OC(C(=O)O)[C@H]5CC[C@@]6(C)C(=CC[C@H]7[C@@H]8CC[C@H](C(C)=O)[C@@]8(C)CC[C@@H]76)C5)C(=O)O)CC[C@]4(C)[C@H]3CC[C@]12C. The molecule has 0 aromatic rings. The third-order valence-electron chi connectivity index (χ3n) is 18.9. The van der Waals surface area contributed by atoms with Crippen LogP contribution in [-0.4, -0.2) is 45.9 Å². The molecule has 6 fully saturated rings. The van der Waals surface area contributed by atoms with E-state index in [0.29, 0.717) is 59.9 Å². The minimum absolute atomic E-state index is 0.0193. The van der Waals surface area contributed by atoms with E-state index in [1.807, 2.05) is 0 Å². The van der Waals surface area contributed by atoms with E-state index >= 15 is 0 Å². The Balaban J connectivity index is 0.966. The zero-order valence-electron chi connectivity index (χ0n) is 33.3. The van der Waals surface area contributed by atoms with E-state index in [0.717, 1.165) is 89.9 Å². The average molecular weight is 731 g/mol. The van der Waals surface area contributed by atoms with E-state index in [-0.39, 0.29) is 45.3 Å². The van der Waals surface area contributed by atoms with Crippen molar-refractivity contribution in [2.24, 2.45) is 80.8 Å². The second kappa shape index (κ2) is 13.2. The monoisotopic (exact) mass is 730 g/mol. The molecule has 0 aliphatic heterocycles. The molecule has 0 aromatic carbocycles. The molecule has 0 bridgehead atoms. The van der Waals surface area contributed by atoms with E-state index in [1.54, 1.807) is 13.8 Å². The highest BCUT2D eigenvalue weighted by molar-refractivity contribution is 5.80. The van der Waals surface area contributed by atoms with Gasteiger partial charge in [-0.15, -0.1) is 0 Å². The molecule has 8 aliphatic carbocycles. The summed E-state index contributed by atoms with van der Waals surface area (Å²) in [6.45, 7) is 13.1. The van der Waals surface area contributed by atoms with Crippen molar-refractivity contribution in [1.82, 2.24) is 0 Å². The van der Waals surface area contributed by atoms with Crippen LogP contribution in [0, 0.1) is 80.8 Å². The third kappa shape index (κ3) is 5.64. The lowest BCUT2D eigenvalue weighted by Gasteiger charge is -2.58. The van der Waals surface area contributed by atoms with Crippen molar-refractivity contribution in [3.63, 3.8) is 0 Å². The van der Waals surface area contributed by atoms with Gasteiger partial charge in [0.2, 0.25) is 0 Å². The number of aliphatic carboxylic acids is 2. The van der Waals surface area contributed by atoms with Gasteiger partial charge in [0.1, 0.15) is 11.6 Å². The summed E-state index contributed by atoms with van der Waals surface area (Å²) in [4.78, 5) is 51.2. The maximum atomic E-state index is 13.0. The number of rotatable bonds is 8. The summed E-state index contributed by atoms with van der Waals surface area (Å²) in [6, 6.07) is 0. The zero-order valence-corrected chi connectivity index (χ0v) is 33.3. The molecule has 292 valence electrons. The lowest BCUT2D eigenvalue weighted by atomic mass is 9.46. The van der Waals surface area contributed by atoms with Gasteiger partial charge in [-0.3, -0.25) is 9.59 Å². The van der Waals surface area contributed by atoms with Gasteiger partial charge < -0.3 is 14.9 Å². The van der Waals surface area contributed by atoms with Gasteiger partial charge in [-0.25, -0.2) is 9.59 Å². The van der Waals surface area contributed by atoms with Gasteiger partial charge in [-0.05, 0) is 186 Å². The molecule has 6 saturated carbocycles. The molecule has 8 rings (SSSR count). The zero-order chi connectivity index (χ0) is 37.8. The Morgan fingerprint density at radius 2 is 0.981 bits per heavy atom. The van der Waals surface area contributed by atoms with Crippen molar-refractivity contribution in [3.8, 4) is 0 Å². The number of ketones is 2. The number of hydrogen-bond donors (Lipinski definition) is 2. The van der Waals surface area contributed by atoms with E-state index in [9.17, 15) is 29.4 Å². The molecule has 0 spiro atoms. The maximum Gasteiger partial charge on any atom is 0.333 e. The third-order valence-corrected chi connectivity index (χ3v) is 18.9. The molecular weight excluding hydrogens is 664 g/mol. The van der Waals surface area contributed by atoms with E-state index in [1.165, 1.54) is 11.1 Å². The number of ether oxygens (including phenoxy) is 1. The van der Waals surface area contributed by atoms with Crippen LogP contribution in [0.5, 0.6) is 0 Å². The standard InChI is InChI=1S/C46H66O7/c1-25(47)33-11-13-35-31-9-7-29-23-27(15-19-43(29,3)37(31)17-21-45(33,35)5)39(41(49)50)53-40(42(51)52)28-16-20-44(4)30(24-28)8-10-32-36-14-12-34(26(2)48)46(36,6)22-18-38(32)44/h7-8,27-28,31-40H,9-24H2,1-6H3,(H,49,50)(H,51,52)/t27-,28-,31-,32-,33+,34+,35-,36-,37-,38-,39?,40?,43-,44-,45+,46+/m0/s1. The number of carboxylic acids is 2. The minimum atomic E-state index is -1.15. The fourth-order valence-electron chi connectivity index (χ4n) is 16.1. The molecule has 0 saturated heterocycles. The largest absolute Gasteiger partial charge is 0.479 e. The second-order valence-electron chi connectivity index (χ2n) is 20.7. The number of fused-ring (bicyclic) bond motifs is 10. The fourth-order valence-corrected chi connectivity index (χ4v) is 16.1. The molecule has 0 amide bonds. The number of carbonyl (C=O) groups is 4. The highest BCUT2D eigenvalue weighted by Gasteiger charge is 2.62. The first-order chi connectivity index (χ1) is 25.0. The number of carbonyl (C=O) groups excluding carboxylic acids is 2. The lowest BCUT2D eigenvalue weighted by molar-refractivity contribution is -0.177. The van der Waals surface area contributed by atoms with Crippen molar-refractivity contribution < 1.29 is 34.1 Å². The van der Waals surface area contributed by atoms with Crippen molar-refractivity contribution in [1.29, 1.82) is 0 Å². The highest BCUT2D eigenvalue weighted by Crippen LogP contribution is 2.68. The van der Waals surface area contributed by atoms with Gasteiger partial charge >= 0.3 is 11.9 Å². The fraction of sp³-hybridized carbons (Fsp3) is 0.826. The molecule has 7 heteroatoms. The van der Waals surface area contributed by atoms with Gasteiger partial charge in [0.05, 0.1) is 0 Å². The Hall–Kier alpha value is -2.28. The molecule has 0 radical (unpaired) electrons. The average Bonchev–Trinajstić information content (AvgIpc) is 3.65. The Bertz CT molecular complexity index is 1490. The summed E-state index contributed by atoms with van der Waals surface area (Å²) in [5.74, 6) is 1.84. The predicted octanol–water partition coefficient (Wildman–Crippen LogP) is 9.48. The molecule has 7 nitrogen and oxygen atoms in total. The van der Waals surface area contributed by atoms with Crippen molar-refractivity contribution >= 4 is 23.5 Å². The van der Waals surface area contributed by atoms with Crippen molar-refractivity contribution in [2.45, 2.75) is 156 Å². The van der Waals surface area contributed by atoms with Crippen LogP contribution in [0.2, 0.25) is 0 Å². The summed E-state index contributed by atoms with van der Waals surface area (Å²) >= 11 is 0. The van der Waals surface area contributed by atoms with Crippen LogP contribution in [0.1, 0.15) is 144 Å². The lowest BCUT2D eigenvalue weighted by Crippen LogP contribution is -2.52. The van der Waals surface area contributed by atoms with Crippen LogP contribution in [0.3, 0.4) is 0 Å². The van der Waals surface area contributed by atoms with E-state index in [4.69, 9.17) is 4.74 Å². The maximum absolute atomic E-state index is 13.0. The summed E-state index contributed by atoms with van der Waals surface area (Å²) in [5, 5.41) is 21.2. The molecule has 8 aliphatic rings. The van der Waals surface area contributed by atoms with Gasteiger partial charge in [0, 0.05) is 11.8 Å².